The predicted octanol–water partition coefficient (Wildman–Crippen LogP) is 6.69. The number of ketones is 1. The summed E-state index contributed by atoms with van der Waals surface area (Å²) in [6.07, 6.45) is 3.54. The van der Waals surface area contributed by atoms with Gasteiger partial charge in [-0.2, -0.15) is 5.10 Å². The van der Waals surface area contributed by atoms with Gasteiger partial charge in [0.25, 0.3) is 0 Å². The van der Waals surface area contributed by atoms with E-state index in [1.807, 2.05) is 48.0 Å². The molecule has 6 heteroatoms. The fourth-order valence-electron chi connectivity index (χ4n) is 5.39. The third kappa shape index (κ3) is 3.03. The molecule has 2 aromatic carbocycles. The molecule has 0 aliphatic heterocycles. The molecule has 32 heavy (non-hydrogen) atoms. The predicted molar refractivity (Wildman–Crippen MR) is 127 cm³/mol. The largest absolute Gasteiger partial charge is 0.308 e. The first-order valence-corrected chi connectivity index (χ1v) is 11.4. The zero-order valence-electron chi connectivity index (χ0n) is 17.8. The molecule has 1 heterocycles. The van der Waals surface area contributed by atoms with Gasteiger partial charge in [-0.05, 0) is 37.0 Å². The second-order valence-electron chi connectivity index (χ2n) is 8.77. The maximum absolute atomic E-state index is 12.7. The summed E-state index contributed by atoms with van der Waals surface area (Å²) in [5.41, 5.74) is 4.70. The Balaban J connectivity index is 1.81. The van der Waals surface area contributed by atoms with E-state index >= 15 is 0 Å². The summed E-state index contributed by atoms with van der Waals surface area (Å²) in [5, 5.41) is 6.06. The normalized spacial score (nSPS) is 24.3. The highest BCUT2D eigenvalue weighted by atomic mass is 35.5. The third-order valence-electron chi connectivity index (χ3n) is 6.99. The second kappa shape index (κ2) is 7.62. The Bertz CT molecular complexity index is 1320. The van der Waals surface area contributed by atoms with Gasteiger partial charge in [-0.25, -0.2) is 9.53 Å². The van der Waals surface area contributed by atoms with Gasteiger partial charge in [-0.1, -0.05) is 73.5 Å². The molecule has 0 spiro atoms. The third-order valence-corrected chi connectivity index (χ3v) is 7.73. The van der Waals surface area contributed by atoms with E-state index in [4.69, 9.17) is 34.9 Å². The number of carbonyl (C=O) groups excluding carboxylic acids is 1. The topological polar surface area (TPSA) is 39.2 Å². The number of allylic oxidation sites excluding steroid dienone is 2. The van der Waals surface area contributed by atoms with Crippen LogP contribution in [0.1, 0.15) is 31.5 Å². The van der Waals surface area contributed by atoms with Crippen LogP contribution in [0, 0.1) is 18.4 Å². The van der Waals surface area contributed by atoms with Crippen molar-refractivity contribution in [2.75, 3.05) is 0 Å². The maximum Gasteiger partial charge on any atom is 0.226 e. The molecule has 3 atom stereocenters. The number of benzene rings is 2. The van der Waals surface area contributed by atoms with E-state index < -0.39 is 5.41 Å². The van der Waals surface area contributed by atoms with Crippen LogP contribution in [0.15, 0.2) is 60.3 Å². The number of fused-ring (bicyclic) bond motifs is 3. The van der Waals surface area contributed by atoms with Crippen molar-refractivity contribution >= 4 is 29.0 Å². The summed E-state index contributed by atoms with van der Waals surface area (Å²) in [5.74, 6) is -0.163. The van der Waals surface area contributed by atoms with Crippen molar-refractivity contribution in [1.29, 1.82) is 0 Å². The number of halogens is 2. The number of nitrogens with zero attached hydrogens (tertiary/aromatic N) is 3. The Morgan fingerprint density at radius 1 is 1.16 bits per heavy atom. The van der Waals surface area contributed by atoms with E-state index in [1.54, 1.807) is 6.07 Å². The standard InChI is InChI=1S/C26H21Cl2N3O/c1-15-19-11-10-18-23(16-7-5-4-6-8-16)31(17-9-12-20(27)21(28)13-17)30-25(18)26(19,2)14-22(29-3)24(15)32/h4-9,12-15,19H,10-11H2,1-2H3/t15-,19-,26-/m1/s1. The van der Waals surface area contributed by atoms with Crippen LogP contribution in [-0.2, 0) is 16.6 Å². The molecule has 0 radical (unpaired) electrons. The summed E-state index contributed by atoms with van der Waals surface area (Å²) in [6.45, 7) is 11.6. The van der Waals surface area contributed by atoms with Gasteiger partial charge in [-0.3, -0.25) is 0 Å². The molecule has 2 aliphatic rings. The minimum atomic E-state index is -0.494. The molecule has 0 amide bonds. The average Bonchev–Trinajstić information content (AvgIpc) is 3.20. The van der Waals surface area contributed by atoms with Crippen molar-refractivity contribution in [3.63, 3.8) is 0 Å². The van der Waals surface area contributed by atoms with Gasteiger partial charge >= 0.3 is 0 Å². The number of aromatic nitrogens is 2. The fraction of sp³-hybridized carbons (Fsp3) is 0.269. The van der Waals surface area contributed by atoms with Gasteiger partial charge < -0.3 is 4.79 Å². The van der Waals surface area contributed by atoms with Crippen LogP contribution in [0.4, 0.5) is 0 Å². The smallest absolute Gasteiger partial charge is 0.226 e. The van der Waals surface area contributed by atoms with Crippen molar-refractivity contribution in [2.24, 2.45) is 11.8 Å². The van der Waals surface area contributed by atoms with Gasteiger partial charge in [0.2, 0.25) is 5.70 Å². The van der Waals surface area contributed by atoms with E-state index in [1.165, 1.54) is 0 Å². The number of rotatable bonds is 2. The molecule has 0 unspecified atom stereocenters. The minimum Gasteiger partial charge on any atom is -0.308 e. The Morgan fingerprint density at radius 2 is 1.91 bits per heavy atom. The molecule has 2 aliphatic carbocycles. The summed E-state index contributed by atoms with van der Waals surface area (Å²) in [6, 6.07) is 15.7. The molecular weight excluding hydrogens is 441 g/mol. The lowest BCUT2D eigenvalue weighted by molar-refractivity contribution is -0.121. The molecule has 0 saturated heterocycles. The Labute approximate surface area is 197 Å². The van der Waals surface area contributed by atoms with Crippen molar-refractivity contribution < 1.29 is 4.79 Å². The Hall–Kier alpha value is -2.87. The van der Waals surface area contributed by atoms with Crippen LogP contribution in [0.3, 0.4) is 0 Å². The summed E-state index contributed by atoms with van der Waals surface area (Å²) in [7, 11) is 0. The quantitative estimate of drug-likeness (QED) is 0.398. The first kappa shape index (κ1) is 21.0. The first-order valence-electron chi connectivity index (χ1n) is 10.6. The van der Waals surface area contributed by atoms with Crippen molar-refractivity contribution in [1.82, 2.24) is 9.78 Å². The van der Waals surface area contributed by atoms with E-state index in [0.717, 1.165) is 41.0 Å². The van der Waals surface area contributed by atoms with E-state index in [-0.39, 0.29) is 23.3 Å². The number of hydrogen-bond acceptors (Lipinski definition) is 2. The highest BCUT2D eigenvalue weighted by Gasteiger charge is 2.50. The van der Waals surface area contributed by atoms with Crippen molar-refractivity contribution in [2.45, 2.75) is 32.1 Å². The van der Waals surface area contributed by atoms with Crippen LogP contribution in [-0.4, -0.2) is 15.6 Å². The number of hydrogen-bond donors (Lipinski definition) is 0. The van der Waals surface area contributed by atoms with E-state index in [0.29, 0.717) is 10.0 Å². The lowest BCUT2D eigenvalue weighted by atomic mass is 9.58. The number of carbonyl (C=O) groups is 1. The summed E-state index contributed by atoms with van der Waals surface area (Å²) in [4.78, 5) is 16.3. The molecular formula is C26H21Cl2N3O. The first-order chi connectivity index (χ1) is 15.3. The minimum absolute atomic E-state index is 0.0573. The van der Waals surface area contributed by atoms with Gasteiger partial charge in [0.05, 0.1) is 33.7 Å². The second-order valence-corrected chi connectivity index (χ2v) is 9.59. The molecule has 0 bridgehead atoms. The Kier molecular flexibility index (Phi) is 5.00. The fourth-order valence-corrected chi connectivity index (χ4v) is 5.69. The molecule has 160 valence electrons. The Morgan fingerprint density at radius 3 is 2.59 bits per heavy atom. The number of Topliss-reactive ketones (excluding diaryl/α,β-unsaturated/α-hetero) is 1. The lowest BCUT2D eigenvalue weighted by Crippen LogP contribution is -2.45. The summed E-state index contributed by atoms with van der Waals surface area (Å²) >= 11 is 12.5. The highest BCUT2D eigenvalue weighted by molar-refractivity contribution is 6.42. The summed E-state index contributed by atoms with van der Waals surface area (Å²) < 4.78 is 1.93. The van der Waals surface area contributed by atoms with Crippen LogP contribution in [0.25, 0.3) is 21.8 Å². The van der Waals surface area contributed by atoms with Crippen LogP contribution >= 0.6 is 23.2 Å². The molecule has 3 aromatic rings. The average molecular weight is 462 g/mol. The van der Waals surface area contributed by atoms with Gasteiger partial charge in [-0.15, -0.1) is 0 Å². The molecule has 0 fully saturated rings. The van der Waals surface area contributed by atoms with E-state index in [9.17, 15) is 4.79 Å². The molecule has 0 N–H and O–H groups in total. The van der Waals surface area contributed by atoms with E-state index in [2.05, 4.69) is 23.9 Å². The molecule has 0 saturated carbocycles. The van der Waals surface area contributed by atoms with Crippen molar-refractivity contribution in [3.8, 4) is 16.9 Å². The monoisotopic (exact) mass is 461 g/mol. The van der Waals surface area contributed by atoms with Crippen LogP contribution in [0.2, 0.25) is 10.0 Å². The highest BCUT2D eigenvalue weighted by Crippen LogP contribution is 2.51. The van der Waals surface area contributed by atoms with Crippen molar-refractivity contribution in [3.05, 3.63) is 93.0 Å². The van der Waals surface area contributed by atoms with Gasteiger partial charge in [0.1, 0.15) is 0 Å². The van der Waals surface area contributed by atoms with Gasteiger partial charge in [0, 0.05) is 22.5 Å². The zero-order chi connectivity index (χ0) is 22.6. The zero-order valence-corrected chi connectivity index (χ0v) is 19.3. The van der Waals surface area contributed by atoms with Gasteiger partial charge in [0.15, 0.2) is 5.78 Å². The maximum atomic E-state index is 12.7. The molecule has 1 aromatic heterocycles. The molecule has 5 rings (SSSR count). The van der Waals surface area contributed by atoms with Crippen LogP contribution < -0.4 is 0 Å². The molecule has 4 nitrogen and oxygen atoms in total. The SMILES string of the molecule is [C-]#[N+]C1=C[C@@]2(C)c3nn(-c4ccc(Cl)c(Cl)c4)c(-c4ccccc4)c3CC[C@@H]2[C@@H](C)C1=O. The van der Waals surface area contributed by atoms with Crippen LogP contribution in [0.5, 0.6) is 0 Å². The lowest BCUT2D eigenvalue weighted by Gasteiger charge is -2.44.